The van der Waals surface area contributed by atoms with Crippen molar-refractivity contribution < 1.29 is 17.7 Å². The number of nitrogens with zero attached hydrogens (tertiary/aromatic N) is 3. The molecule has 1 amide bonds. The molecule has 0 bridgehead atoms. The monoisotopic (exact) mass is 383 g/mol. The van der Waals surface area contributed by atoms with Crippen LogP contribution in [0.2, 0.25) is 0 Å². The summed E-state index contributed by atoms with van der Waals surface area (Å²) in [5, 5.41) is 3.83. The van der Waals surface area contributed by atoms with E-state index in [0.29, 0.717) is 36.1 Å². The van der Waals surface area contributed by atoms with Crippen LogP contribution in [0.4, 0.5) is 0 Å². The summed E-state index contributed by atoms with van der Waals surface area (Å²) >= 11 is 1.13. The molecule has 3 heterocycles. The first-order valence-electron chi connectivity index (χ1n) is 8.12. The molecule has 2 aromatic heterocycles. The van der Waals surface area contributed by atoms with Crippen LogP contribution in [-0.2, 0) is 14.8 Å². The van der Waals surface area contributed by atoms with E-state index >= 15 is 0 Å². The van der Waals surface area contributed by atoms with Gasteiger partial charge in [0.1, 0.15) is 22.2 Å². The maximum Gasteiger partial charge on any atom is 0.253 e. The molecule has 0 aliphatic carbocycles. The first-order valence-corrected chi connectivity index (χ1v) is 10.4. The van der Waals surface area contributed by atoms with Gasteiger partial charge in [0.2, 0.25) is 5.91 Å². The molecule has 25 heavy (non-hydrogen) atoms. The van der Waals surface area contributed by atoms with Gasteiger partial charge in [-0.25, -0.2) is 8.42 Å². The molecule has 136 valence electrons. The van der Waals surface area contributed by atoms with Crippen molar-refractivity contribution in [2.24, 2.45) is 5.92 Å². The quantitative estimate of drug-likeness (QED) is 0.791. The zero-order valence-corrected chi connectivity index (χ0v) is 16.0. The molecule has 3 rings (SSSR count). The molecule has 9 heteroatoms. The predicted molar refractivity (Wildman–Crippen MR) is 94.6 cm³/mol. The van der Waals surface area contributed by atoms with Gasteiger partial charge in [-0.3, -0.25) is 4.79 Å². The maximum atomic E-state index is 13.0. The molecule has 1 unspecified atom stereocenters. The van der Waals surface area contributed by atoms with Crippen molar-refractivity contribution in [3.8, 4) is 10.6 Å². The third-order valence-corrected chi connectivity index (χ3v) is 7.66. The summed E-state index contributed by atoms with van der Waals surface area (Å²) in [5.74, 6) is 0.207. The van der Waals surface area contributed by atoms with E-state index in [4.69, 9.17) is 4.52 Å². The molecule has 0 saturated carbocycles. The van der Waals surface area contributed by atoms with Crippen molar-refractivity contribution in [1.82, 2.24) is 14.4 Å². The summed E-state index contributed by atoms with van der Waals surface area (Å²) in [6.07, 6.45) is 1.44. The van der Waals surface area contributed by atoms with Gasteiger partial charge >= 0.3 is 0 Å². The third-order valence-electron chi connectivity index (χ3n) is 4.11. The van der Waals surface area contributed by atoms with Crippen LogP contribution in [0.15, 0.2) is 33.2 Å². The van der Waals surface area contributed by atoms with Crippen LogP contribution in [0.5, 0.6) is 0 Å². The highest BCUT2D eigenvalue weighted by Crippen LogP contribution is 2.32. The second kappa shape index (κ2) is 6.89. The Morgan fingerprint density at radius 1 is 1.32 bits per heavy atom. The summed E-state index contributed by atoms with van der Waals surface area (Å²) in [5.41, 5.74) is 0.595. The van der Waals surface area contributed by atoms with E-state index in [-0.39, 0.29) is 10.1 Å². The van der Waals surface area contributed by atoms with E-state index in [1.807, 2.05) is 13.8 Å². The Morgan fingerprint density at radius 2 is 2.08 bits per heavy atom. The van der Waals surface area contributed by atoms with Gasteiger partial charge in [-0.05, 0) is 25.0 Å². The fraction of sp³-hybridized carbons (Fsp3) is 0.500. The van der Waals surface area contributed by atoms with Gasteiger partial charge in [-0.2, -0.15) is 4.31 Å². The number of aromatic nitrogens is 1. The summed E-state index contributed by atoms with van der Waals surface area (Å²) in [7, 11) is -3.72. The first-order chi connectivity index (χ1) is 11.8. The Labute approximate surface area is 151 Å². The van der Waals surface area contributed by atoms with Crippen LogP contribution >= 0.6 is 11.3 Å². The molecule has 0 radical (unpaired) electrons. The molecule has 0 spiro atoms. The van der Waals surface area contributed by atoms with Gasteiger partial charge in [0.15, 0.2) is 0 Å². The largest absolute Gasteiger partial charge is 0.364 e. The number of hydrogen-bond donors (Lipinski definition) is 0. The van der Waals surface area contributed by atoms with Gasteiger partial charge in [0, 0.05) is 25.7 Å². The average molecular weight is 383 g/mol. The Kier molecular flexibility index (Phi) is 4.99. The number of hydrogen-bond acceptors (Lipinski definition) is 6. The normalized spacial score (nSPS) is 19.8. The average Bonchev–Trinajstić information content (AvgIpc) is 3.21. The highest BCUT2D eigenvalue weighted by molar-refractivity contribution is 7.91. The zero-order chi connectivity index (χ0) is 18.2. The van der Waals surface area contributed by atoms with E-state index < -0.39 is 16.1 Å². The highest BCUT2D eigenvalue weighted by atomic mass is 32.2. The SMILES string of the molecule is CC(C)CN1CCN(S(=O)(=O)c2ccc(-c3ccon3)s2)C(C)C1=O. The Morgan fingerprint density at radius 3 is 2.72 bits per heavy atom. The molecule has 1 aliphatic rings. The minimum absolute atomic E-state index is 0.142. The van der Waals surface area contributed by atoms with Crippen LogP contribution in [0, 0.1) is 5.92 Å². The standard InChI is InChI=1S/C16H21N3O4S2/c1-11(2)10-18-7-8-19(12(3)16(18)20)25(21,22)15-5-4-14(24-15)13-6-9-23-17-13/h4-6,9,11-12H,7-8,10H2,1-3H3. The van der Waals surface area contributed by atoms with Crippen LogP contribution in [0.25, 0.3) is 10.6 Å². The van der Waals surface area contributed by atoms with Crippen LogP contribution < -0.4 is 0 Å². The number of carbonyl (C=O) groups is 1. The van der Waals surface area contributed by atoms with E-state index in [9.17, 15) is 13.2 Å². The highest BCUT2D eigenvalue weighted by Gasteiger charge is 2.39. The second-order valence-corrected chi connectivity index (χ2v) is 9.67. The zero-order valence-electron chi connectivity index (χ0n) is 14.4. The number of amides is 1. The summed E-state index contributed by atoms with van der Waals surface area (Å²) in [6, 6.07) is 4.24. The van der Waals surface area contributed by atoms with Crippen LogP contribution in [-0.4, -0.2) is 54.4 Å². The van der Waals surface area contributed by atoms with Crippen molar-refractivity contribution in [2.75, 3.05) is 19.6 Å². The summed E-state index contributed by atoms with van der Waals surface area (Å²) in [4.78, 5) is 15.0. The smallest absolute Gasteiger partial charge is 0.253 e. The van der Waals surface area contributed by atoms with E-state index in [1.54, 1.807) is 30.0 Å². The predicted octanol–water partition coefficient (Wildman–Crippen LogP) is 2.28. The minimum atomic E-state index is -3.72. The maximum absolute atomic E-state index is 13.0. The van der Waals surface area contributed by atoms with Crippen LogP contribution in [0.1, 0.15) is 20.8 Å². The molecule has 1 saturated heterocycles. The molecule has 2 aromatic rings. The molecule has 1 aliphatic heterocycles. The van der Waals surface area contributed by atoms with Gasteiger partial charge in [0.05, 0.1) is 4.88 Å². The minimum Gasteiger partial charge on any atom is -0.364 e. The molecule has 0 N–H and O–H groups in total. The summed E-state index contributed by atoms with van der Waals surface area (Å²) in [6.45, 7) is 7.10. The van der Waals surface area contributed by atoms with Crippen molar-refractivity contribution in [3.63, 3.8) is 0 Å². The fourth-order valence-corrected chi connectivity index (χ4v) is 5.89. The number of carbonyl (C=O) groups excluding carboxylic acids is 1. The van der Waals surface area contributed by atoms with Crippen molar-refractivity contribution in [3.05, 3.63) is 24.5 Å². The van der Waals surface area contributed by atoms with Gasteiger partial charge < -0.3 is 9.42 Å². The van der Waals surface area contributed by atoms with Crippen molar-refractivity contribution in [1.29, 1.82) is 0 Å². The lowest BCUT2D eigenvalue weighted by atomic mass is 10.1. The van der Waals surface area contributed by atoms with Gasteiger partial charge in [0.25, 0.3) is 10.0 Å². The fourth-order valence-electron chi connectivity index (χ4n) is 2.91. The Balaban J connectivity index is 1.82. The number of piperazine rings is 1. The third kappa shape index (κ3) is 3.49. The van der Waals surface area contributed by atoms with E-state index in [0.717, 1.165) is 11.3 Å². The lowest BCUT2D eigenvalue weighted by Gasteiger charge is -2.38. The lowest BCUT2D eigenvalue weighted by Crippen LogP contribution is -2.57. The van der Waals surface area contributed by atoms with Gasteiger partial charge in [-0.1, -0.05) is 19.0 Å². The first kappa shape index (κ1) is 18.1. The van der Waals surface area contributed by atoms with E-state index in [2.05, 4.69) is 5.16 Å². The second-order valence-electron chi connectivity index (χ2n) is 6.47. The van der Waals surface area contributed by atoms with Crippen LogP contribution in [0.3, 0.4) is 0 Å². The van der Waals surface area contributed by atoms with Crippen molar-refractivity contribution in [2.45, 2.75) is 31.0 Å². The number of rotatable bonds is 5. The Hall–Kier alpha value is -1.71. The topological polar surface area (TPSA) is 83.7 Å². The molecule has 7 nitrogen and oxygen atoms in total. The Bertz CT molecular complexity index is 843. The molecule has 1 atom stereocenters. The molecule has 1 fully saturated rings. The van der Waals surface area contributed by atoms with E-state index in [1.165, 1.54) is 10.6 Å². The number of thiophene rings is 1. The van der Waals surface area contributed by atoms with Gasteiger partial charge in [-0.15, -0.1) is 11.3 Å². The molecular weight excluding hydrogens is 362 g/mol. The molecular formula is C16H21N3O4S2. The summed E-state index contributed by atoms with van der Waals surface area (Å²) < 4.78 is 32.3. The lowest BCUT2D eigenvalue weighted by molar-refractivity contribution is -0.138. The van der Waals surface area contributed by atoms with Crippen molar-refractivity contribution >= 4 is 27.3 Å². The number of sulfonamides is 1. The molecule has 0 aromatic carbocycles.